The average molecular weight is 426 g/mol. The molecule has 0 amide bonds. The first-order valence-corrected chi connectivity index (χ1v) is 12.0. The van der Waals surface area contributed by atoms with Crippen LogP contribution in [0.3, 0.4) is 0 Å². The molecule has 1 N–H and O–H groups in total. The molecule has 28 heavy (non-hydrogen) atoms. The first-order valence-electron chi connectivity index (χ1n) is 8.53. The van der Waals surface area contributed by atoms with Gasteiger partial charge in [-0.2, -0.15) is 9.52 Å². The van der Waals surface area contributed by atoms with Gasteiger partial charge in [-0.3, -0.25) is 4.72 Å². The fourth-order valence-electron chi connectivity index (χ4n) is 2.95. The Hall–Kier alpha value is -2.46. The molecule has 7 nitrogen and oxygen atoms in total. The third kappa shape index (κ3) is 4.33. The summed E-state index contributed by atoms with van der Waals surface area (Å²) in [7, 11) is -7.21. The second kappa shape index (κ2) is 7.51. The van der Waals surface area contributed by atoms with E-state index in [1.807, 2.05) is 0 Å². The zero-order chi connectivity index (χ0) is 20.5. The number of hydrogen-bond acceptors (Lipinski definition) is 5. The topological polar surface area (TPSA) is 95.9 Å². The maximum atomic E-state index is 13.3. The lowest BCUT2D eigenvalue weighted by Gasteiger charge is -2.21. The minimum absolute atomic E-state index is 0.0958. The van der Waals surface area contributed by atoms with Crippen molar-refractivity contribution in [3.63, 3.8) is 0 Å². The van der Waals surface area contributed by atoms with Gasteiger partial charge in [0.2, 0.25) is 20.0 Å². The Bertz CT molecular complexity index is 1110. The summed E-state index contributed by atoms with van der Waals surface area (Å²) < 4.78 is 65.2. The molecule has 0 fully saturated rings. The largest absolute Gasteiger partial charge is 0.283 e. The molecule has 0 aromatic heterocycles. The number of para-hydroxylation sites is 1. The molecule has 0 spiro atoms. The molecular weight excluding hydrogens is 405 g/mol. The first-order chi connectivity index (χ1) is 13.1. The Morgan fingerprint density at radius 3 is 2.36 bits per heavy atom. The number of rotatable bonds is 6. The van der Waals surface area contributed by atoms with Gasteiger partial charge in [0.1, 0.15) is 5.82 Å². The third-order valence-electron chi connectivity index (χ3n) is 4.35. The van der Waals surface area contributed by atoms with E-state index < -0.39 is 31.9 Å². The maximum absolute atomic E-state index is 13.3. The summed E-state index contributed by atoms with van der Waals surface area (Å²) in [4.78, 5) is 0. The van der Waals surface area contributed by atoms with Gasteiger partial charge in [0, 0.05) is 12.0 Å². The van der Waals surface area contributed by atoms with E-state index >= 15 is 0 Å². The molecule has 0 saturated carbocycles. The highest BCUT2D eigenvalue weighted by Crippen LogP contribution is 2.36. The summed E-state index contributed by atoms with van der Waals surface area (Å²) in [5.41, 5.74) is 1.85. The molecule has 2 aromatic carbocycles. The van der Waals surface area contributed by atoms with E-state index in [2.05, 4.69) is 9.82 Å². The van der Waals surface area contributed by atoms with Gasteiger partial charge in [-0.15, -0.1) is 0 Å². The van der Waals surface area contributed by atoms with Crippen LogP contribution in [-0.4, -0.2) is 39.0 Å². The molecule has 0 saturated heterocycles. The van der Waals surface area contributed by atoms with Gasteiger partial charge in [0.05, 0.1) is 29.4 Å². The molecular formula is C18H20FN3O4S2. The maximum Gasteiger partial charge on any atom is 0.247 e. The molecule has 0 radical (unpaired) electrons. The minimum Gasteiger partial charge on any atom is -0.283 e. The number of halogens is 1. The van der Waals surface area contributed by atoms with E-state index in [9.17, 15) is 21.2 Å². The Morgan fingerprint density at radius 2 is 1.75 bits per heavy atom. The average Bonchev–Trinajstić information content (AvgIpc) is 3.08. The summed E-state index contributed by atoms with van der Waals surface area (Å²) in [5, 5.41) is 4.26. The molecule has 150 valence electrons. The number of hydrazone groups is 1. The van der Waals surface area contributed by atoms with Crippen molar-refractivity contribution in [2.75, 3.05) is 16.7 Å². The van der Waals surface area contributed by atoms with Crippen molar-refractivity contribution in [2.24, 2.45) is 5.10 Å². The standard InChI is InChI=1S/C18H20FN3O4S2/c1-3-28(25,26)21-16-7-5-4-6-15(16)17-12-18(22(20-17)27(2,23)24)13-8-10-14(19)11-9-13/h4-11,18,21H,3,12H2,1-2H3. The van der Waals surface area contributed by atoms with Crippen LogP contribution in [-0.2, 0) is 20.0 Å². The molecule has 1 unspecified atom stereocenters. The van der Waals surface area contributed by atoms with Crippen LogP contribution in [0.5, 0.6) is 0 Å². The quantitative estimate of drug-likeness (QED) is 0.770. The van der Waals surface area contributed by atoms with Gasteiger partial charge in [-0.05, 0) is 30.7 Å². The van der Waals surface area contributed by atoms with Gasteiger partial charge in [0.15, 0.2) is 0 Å². The summed E-state index contributed by atoms with van der Waals surface area (Å²) in [6, 6.07) is 11.6. The fourth-order valence-corrected chi connectivity index (χ4v) is 4.52. The molecule has 1 heterocycles. The van der Waals surface area contributed by atoms with E-state index in [0.29, 0.717) is 22.5 Å². The Balaban J connectivity index is 2.03. The summed E-state index contributed by atoms with van der Waals surface area (Å²) in [6.45, 7) is 1.52. The Morgan fingerprint density at radius 1 is 1.11 bits per heavy atom. The number of hydrogen-bond donors (Lipinski definition) is 1. The van der Waals surface area contributed by atoms with Gasteiger partial charge in [-0.25, -0.2) is 21.2 Å². The van der Waals surface area contributed by atoms with E-state index in [0.717, 1.165) is 10.7 Å². The molecule has 0 bridgehead atoms. The van der Waals surface area contributed by atoms with E-state index in [1.165, 1.54) is 31.2 Å². The second-order valence-corrected chi connectivity index (χ2v) is 10.3. The molecule has 3 rings (SSSR count). The van der Waals surface area contributed by atoms with Crippen molar-refractivity contribution in [3.05, 3.63) is 65.5 Å². The highest BCUT2D eigenvalue weighted by atomic mass is 32.2. The van der Waals surface area contributed by atoms with Gasteiger partial charge in [-0.1, -0.05) is 30.3 Å². The van der Waals surface area contributed by atoms with Gasteiger partial charge >= 0.3 is 0 Å². The van der Waals surface area contributed by atoms with E-state index in [4.69, 9.17) is 0 Å². The number of anilines is 1. The van der Waals surface area contributed by atoms with Crippen LogP contribution in [0, 0.1) is 5.82 Å². The van der Waals surface area contributed by atoms with Crippen molar-refractivity contribution < 1.29 is 21.2 Å². The van der Waals surface area contributed by atoms with Crippen LogP contribution in [0.1, 0.15) is 30.5 Å². The molecule has 1 aliphatic heterocycles. The van der Waals surface area contributed by atoms with Crippen molar-refractivity contribution in [2.45, 2.75) is 19.4 Å². The summed E-state index contributed by atoms with van der Waals surface area (Å²) >= 11 is 0. The van der Waals surface area contributed by atoms with Crippen LogP contribution >= 0.6 is 0 Å². The van der Waals surface area contributed by atoms with Gasteiger partial charge < -0.3 is 0 Å². The summed E-state index contributed by atoms with van der Waals surface area (Å²) in [6.07, 6.45) is 1.27. The van der Waals surface area contributed by atoms with Crippen LogP contribution in [0.15, 0.2) is 53.6 Å². The number of sulfonamides is 2. The van der Waals surface area contributed by atoms with Crippen molar-refractivity contribution >= 4 is 31.4 Å². The molecule has 2 aromatic rings. The van der Waals surface area contributed by atoms with Crippen molar-refractivity contribution in [1.29, 1.82) is 0 Å². The minimum atomic E-state index is -3.69. The predicted molar refractivity (Wildman–Crippen MR) is 107 cm³/mol. The Labute approximate surface area is 164 Å². The van der Waals surface area contributed by atoms with E-state index in [1.54, 1.807) is 24.3 Å². The van der Waals surface area contributed by atoms with Gasteiger partial charge in [0.25, 0.3) is 0 Å². The summed E-state index contributed by atoms with van der Waals surface area (Å²) in [5.74, 6) is -0.519. The van der Waals surface area contributed by atoms with Crippen molar-refractivity contribution in [3.8, 4) is 0 Å². The predicted octanol–water partition coefficient (Wildman–Crippen LogP) is 2.70. The monoisotopic (exact) mass is 425 g/mol. The number of nitrogens with one attached hydrogen (secondary N) is 1. The number of nitrogens with zero attached hydrogens (tertiary/aromatic N) is 2. The lowest BCUT2D eigenvalue weighted by Crippen LogP contribution is -2.25. The number of benzene rings is 2. The molecule has 0 aliphatic carbocycles. The van der Waals surface area contributed by atoms with E-state index in [-0.39, 0.29) is 12.2 Å². The SMILES string of the molecule is CCS(=O)(=O)Nc1ccccc1C1=NN(S(C)(=O)=O)C(c2ccc(F)cc2)C1. The Kier molecular flexibility index (Phi) is 5.44. The molecule has 1 atom stereocenters. The fraction of sp³-hybridized carbons (Fsp3) is 0.278. The second-order valence-electron chi connectivity index (χ2n) is 6.40. The van der Waals surface area contributed by atoms with Crippen LogP contribution in [0.2, 0.25) is 0 Å². The van der Waals surface area contributed by atoms with Crippen LogP contribution in [0.25, 0.3) is 0 Å². The molecule has 1 aliphatic rings. The van der Waals surface area contributed by atoms with Crippen LogP contribution in [0.4, 0.5) is 10.1 Å². The lowest BCUT2D eigenvalue weighted by atomic mass is 9.98. The molecule has 10 heteroatoms. The zero-order valence-electron chi connectivity index (χ0n) is 15.3. The zero-order valence-corrected chi connectivity index (χ0v) is 17.0. The lowest BCUT2D eigenvalue weighted by molar-refractivity contribution is 0.374. The van der Waals surface area contributed by atoms with Crippen molar-refractivity contribution in [1.82, 2.24) is 4.41 Å². The highest BCUT2D eigenvalue weighted by molar-refractivity contribution is 7.92. The highest BCUT2D eigenvalue weighted by Gasteiger charge is 2.35. The van der Waals surface area contributed by atoms with Crippen LogP contribution < -0.4 is 4.72 Å². The normalized spacial score (nSPS) is 17.5. The third-order valence-corrected chi connectivity index (χ3v) is 6.66. The smallest absolute Gasteiger partial charge is 0.247 e. The first kappa shape index (κ1) is 20.3.